The van der Waals surface area contributed by atoms with Gasteiger partial charge in [-0.15, -0.1) is 0 Å². The van der Waals surface area contributed by atoms with Crippen LogP contribution in [0.3, 0.4) is 0 Å². The first-order valence-electron chi connectivity index (χ1n) is 5.60. The number of aromatic carboxylic acids is 1. The number of rotatable bonds is 5. The minimum atomic E-state index is -1.29. The van der Waals surface area contributed by atoms with Gasteiger partial charge >= 0.3 is 17.9 Å². The van der Waals surface area contributed by atoms with Crippen LogP contribution in [0.1, 0.15) is 10.4 Å². The van der Waals surface area contributed by atoms with Crippen molar-refractivity contribution in [3.05, 3.63) is 35.5 Å². The molecular formula is C13H13NO7. The number of carboxylic acids is 1. The Hall–Kier alpha value is -3.03. The molecule has 0 bridgehead atoms. The molecule has 0 heterocycles. The largest absolute Gasteiger partial charge is 0.507 e. The lowest BCUT2D eigenvalue weighted by atomic mass is 10.2. The first kappa shape index (κ1) is 16.0. The molecule has 21 heavy (non-hydrogen) atoms. The van der Waals surface area contributed by atoms with Crippen molar-refractivity contribution in [1.29, 1.82) is 0 Å². The lowest BCUT2D eigenvalue weighted by Crippen LogP contribution is -2.15. The van der Waals surface area contributed by atoms with Crippen LogP contribution in [-0.4, -0.2) is 42.3 Å². The Kier molecular flexibility index (Phi) is 5.30. The number of anilines is 1. The van der Waals surface area contributed by atoms with Crippen molar-refractivity contribution < 1.29 is 34.1 Å². The second kappa shape index (κ2) is 6.94. The summed E-state index contributed by atoms with van der Waals surface area (Å²) in [6, 6.07) is 3.56. The van der Waals surface area contributed by atoms with Crippen LogP contribution >= 0.6 is 0 Å². The van der Waals surface area contributed by atoms with Crippen molar-refractivity contribution in [2.75, 3.05) is 19.5 Å². The van der Waals surface area contributed by atoms with Gasteiger partial charge in [-0.25, -0.2) is 14.4 Å². The maximum Gasteiger partial charge on any atom is 0.354 e. The molecule has 0 aliphatic carbocycles. The third kappa shape index (κ3) is 4.23. The first-order valence-corrected chi connectivity index (χ1v) is 5.60. The number of esters is 2. The summed E-state index contributed by atoms with van der Waals surface area (Å²) in [6.07, 6.45) is 0.869. The maximum absolute atomic E-state index is 11.5. The fourth-order valence-electron chi connectivity index (χ4n) is 1.38. The van der Waals surface area contributed by atoms with Crippen LogP contribution in [0.25, 0.3) is 0 Å². The number of carbonyl (C=O) groups is 3. The molecule has 0 aliphatic heterocycles. The van der Waals surface area contributed by atoms with Crippen LogP contribution in [0.15, 0.2) is 30.0 Å². The minimum absolute atomic E-state index is 0.193. The number of phenols is 1. The Bertz CT molecular complexity index is 607. The van der Waals surface area contributed by atoms with Crippen LogP contribution in [0.4, 0.5) is 5.69 Å². The Labute approximate surface area is 119 Å². The van der Waals surface area contributed by atoms with Gasteiger partial charge in [-0.2, -0.15) is 0 Å². The molecule has 0 spiro atoms. The van der Waals surface area contributed by atoms with E-state index in [-0.39, 0.29) is 16.9 Å². The Balaban J connectivity index is 3.07. The van der Waals surface area contributed by atoms with E-state index in [9.17, 15) is 19.5 Å². The molecule has 8 nitrogen and oxygen atoms in total. The fourth-order valence-corrected chi connectivity index (χ4v) is 1.38. The standard InChI is InChI=1S/C13H13NO7/c1-20-11(16)6-9(13(19)21-2)14-7-3-4-8(12(17)18)10(15)5-7/h3-6,14-15H,1-2H3,(H,17,18)/b9-6+. The zero-order valence-electron chi connectivity index (χ0n) is 11.2. The fraction of sp³-hybridized carbons (Fsp3) is 0.154. The summed E-state index contributed by atoms with van der Waals surface area (Å²) in [5.41, 5.74) is -0.331. The monoisotopic (exact) mass is 295 g/mol. The van der Waals surface area contributed by atoms with Crippen molar-refractivity contribution >= 4 is 23.6 Å². The van der Waals surface area contributed by atoms with Gasteiger partial charge in [0.1, 0.15) is 17.0 Å². The van der Waals surface area contributed by atoms with Crippen molar-refractivity contribution in [3.63, 3.8) is 0 Å². The maximum atomic E-state index is 11.5. The van der Waals surface area contributed by atoms with Crippen molar-refractivity contribution in [1.82, 2.24) is 0 Å². The number of carboxylic acid groups (broad SMARTS) is 1. The van der Waals surface area contributed by atoms with E-state index in [0.717, 1.165) is 32.4 Å². The van der Waals surface area contributed by atoms with Gasteiger partial charge in [-0.3, -0.25) is 0 Å². The van der Waals surface area contributed by atoms with Crippen molar-refractivity contribution in [2.45, 2.75) is 0 Å². The predicted molar refractivity (Wildman–Crippen MR) is 70.8 cm³/mol. The normalized spacial score (nSPS) is 10.7. The molecule has 0 fully saturated rings. The molecule has 1 aromatic carbocycles. The number of nitrogens with one attached hydrogen (secondary N) is 1. The quantitative estimate of drug-likeness (QED) is 0.537. The molecular weight excluding hydrogens is 282 g/mol. The Morgan fingerprint density at radius 1 is 1.19 bits per heavy atom. The van der Waals surface area contributed by atoms with Gasteiger partial charge in [0.05, 0.1) is 20.3 Å². The molecule has 0 unspecified atom stereocenters. The Morgan fingerprint density at radius 2 is 1.86 bits per heavy atom. The molecule has 0 aromatic heterocycles. The summed E-state index contributed by atoms with van der Waals surface area (Å²) in [5, 5.41) is 20.9. The summed E-state index contributed by atoms with van der Waals surface area (Å²) in [4.78, 5) is 33.4. The van der Waals surface area contributed by atoms with E-state index in [4.69, 9.17) is 5.11 Å². The number of ether oxygens (including phenoxy) is 2. The molecule has 8 heteroatoms. The highest BCUT2D eigenvalue weighted by Crippen LogP contribution is 2.23. The number of methoxy groups -OCH3 is 2. The topological polar surface area (TPSA) is 122 Å². The highest BCUT2D eigenvalue weighted by Gasteiger charge is 2.15. The summed E-state index contributed by atoms with van der Waals surface area (Å²) in [7, 11) is 2.27. The van der Waals surface area contributed by atoms with E-state index in [1.807, 2.05) is 0 Å². The van der Waals surface area contributed by atoms with Crippen LogP contribution in [0.5, 0.6) is 5.75 Å². The van der Waals surface area contributed by atoms with Gasteiger partial charge < -0.3 is 25.0 Å². The number of aromatic hydroxyl groups is 1. The Morgan fingerprint density at radius 3 is 2.33 bits per heavy atom. The van der Waals surface area contributed by atoms with E-state index in [2.05, 4.69) is 14.8 Å². The predicted octanol–water partition coefficient (Wildman–Crippen LogP) is 0.732. The lowest BCUT2D eigenvalue weighted by Gasteiger charge is -2.10. The summed E-state index contributed by atoms with van der Waals surface area (Å²) in [6.45, 7) is 0. The van der Waals surface area contributed by atoms with Gasteiger partial charge in [0, 0.05) is 11.8 Å². The number of benzene rings is 1. The van der Waals surface area contributed by atoms with E-state index < -0.39 is 23.7 Å². The molecule has 1 rings (SSSR count). The second-order valence-corrected chi connectivity index (χ2v) is 3.73. The zero-order valence-corrected chi connectivity index (χ0v) is 11.2. The van der Waals surface area contributed by atoms with Crippen molar-refractivity contribution in [3.8, 4) is 5.75 Å². The second-order valence-electron chi connectivity index (χ2n) is 3.73. The minimum Gasteiger partial charge on any atom is -0.507 e. The zero-order chi connectivity index (χ0) is 16.0. The number of hydrogen-bond donors (Lipinski definition) is 3. The molecule has 0 saturated heterocycles. The van der Waals surface area contributed by atoms with Crippen LogP contribution in [0, 0.1) is 0 Å². The SMILES string of the molecule is COC(=O)/C=C(/Nc1ccc(C(=O)O)c(O)c1)C(=O)OC. The molecule has 0 amide bonds. The lowest BCUT2D eigenvalue weighted by molar-refractivity contribution is -0.138. The summed E-state index contributed by atoms with van der Waals surface area (Å²) >= 11 is 0. The molecule has 3 N–H and O–H groups in total. The third-order valence-corrected chi connectivity index (χ3v) is 2.38. The smallest absolute Gasteiger partial charge is 0.354 e. The molecule has 112 valence electrons. The highest BCUT2D eigenvalue weighted by atomic mass is 16.5. The molecule has 1 aromatic rings. The molecule has 0 radical (unpaired) electrons. The number of hydrogen-bond acceptors (Lipinski definition) is 7. The van der Waals surface area contributed by atoms with Crippen molar-refractivity contribution in [2.24, 2.45) is 0 Å². The van der Waals surface area contributed by atoms with E-state index in [1.54, 1.807) is 0 Å². The first-order chi connectivity index (χ1) is 9.88. The molecule has 0 saturated carbocycles. The average molecular weight is 295 g/mol. The highest BCUT2D eigenvalue weighted by molar-refractivity contribution is 5.99. The third-order valence-electron chi connectivity index (χ3n) is 2.38. The van der Waals surface area contributed by atoms with E-state index >= 15 is 0 Å². The average Bonchev–Trinajstić information content (AvgIpc) is 2.45. The summed E-state index contributed by atoms with van der Waals surface area (Å²) < 4.78 is 8.89. The number of carbonyl (C=O) groups excluding carboxylic acids is 2. The van der Waals surface area contributed by atoms with E-state index in [1.165, 1.54) is 6.07 Å². The van der Waals surface area contributed by atoms with Gasteiger partial charge in [0.15, 0.2) is 0 Å². The molecule has 0 atom stereocenters. The van der Waals surface area contributed by atoms with E-state index in [0.29, 0.717) is 0 Å². The molecule has 0 aliphatic rings. The summed E-state index contributed by atoms with van der Waals surface area (Å²) in [5.74, 6) is -3.40. The van der Waals surface area contributed by atoms with Gasteiger partial charge in [-0.1, -0.05) is 0 Å². The van der Waals surface area contributed by atoms with Crippen LogP contribution < -0.4 is 5.32 Å². The van der Waals surface area contributed by atoms with Gasteiger partial charge in [0.2, 0.25) is 0 Å². The van der Waals surface area contributed by atoms with Gasteiger partial charge in [-0.05, 0) is 12.1 Å². The van der Waals surface area contributed by atoms with Crippen LogP contribution in [-0.2, 0) is 19.1 Å². The van der Waals surface area contributed by atoms with Crippen LogP contribution in [0.2, 0.25) is 0 Å². The van der Waals surface area contributed by atoms with Gasteiger partial charge in [0.25, 0.3) is 0 Å².